The molecule has 0 radical (unpaired) electrons. The Bertz CT molecular complexity index is 384. The third-order valence-corrected chi connectivity index (χ3v) is 2.70. The van der Waals surface area contributed by atoms with Crippen LogP contribution in [0.4, 0.5) is 0 Å². The quantitative estimate of drug-likeness (QED) is 0.786. The normalized spacial score (nSPS) is 11.7. The molecule has 0 spiro atoms. The van der Waals surface area contributed by atoms with Crippen LogP contribution in [0.3, 0.4) is 0 Å². The molecule has 0 aliphatic heterocycles. The van der Waals surface area contributed by atoms with Gasteiger partial charge in [-0.25, -0.2) is 0 Å². The van der Waals surface area contributed by atoms with Gasteiger partial charge in [0.2, 0.25) is 5.91 Å². The van der Waals surface area contributed by atoms with Crippen LogP contribution in [0.5, 0.6) is 11.5 Å². The van der Waals surface area contributed by atoms with Gasteiger partial charge in [0.05, 0.1) is 13.7 Å². The van der Waals surface area contributed by atoms with Crippen LogP contribution in [-0.2, 0) is 4.79 Å². The van der Waals surface area contributed by atoms with E-state index in [9.17, 15) is 4.79 Å². The van der Waals surface area contributed by atoms with Gasteiger partial charge in [-0.1, -0.05) is 28.1 Å². The number of para-hydroxylation sites is 2. The van der Waals surface area contributed by atoms with E-state index in [4.69, 9.17) is 9.47 Å². The summed E-state index contributed by atoms with van der Waals surface area (Å²) in [5.74, 6) is 1.39. The number of nitrogens with one attached hydrogen (secondary N) is 1. The van der Waals surface area contributed by atoms with Crippen LogP contribution in [0, 0.1) is 0 Å². The second kappa shape index (κ2) is 7.97. The molecular weight excluding hydrogens is 298 g/mol. The van der Waals surface area contributed by atoms with Crippen LogP contribution in [0.1, 0.15) is 13.3 Å². The van der Waals surface area contributed by atoms with Crippen molar-refractivity contribution in [2.45, 2.75) is 19.4 Å². The summed E-state index contributed by atoms with van der Waals surface area (Å²) in [5, 5.41) is 3.47. The van der Waals surface area contributed by atoms with Crippen LogP contribution in [0.15, 0.2) is 24.3 Å². The first kappa shape index (κ1) is 14.8. The van der Waals surface area contributed by atoms with Gasteiger partial charge in [0.1, 0.15) is 6.10 Å². The molecule has 0 fully saturated rings. The fourth-order valence-electron chi connectivity index (χ4n) is 1.41. The summed E-state index contributed by atoms with van der Waals surface area (Å²) in [5.41, 5.74) is 0. The number of ether oxygens (including phenoxy) is 2. The Morgan fingerprint density at radius 1 is 1.39 bits per heavy atom. The third kappa shape index (κ3) is 4.96. The number of hydrogen-bond acceptors (Lipinski definition) is 3. The smallest absolute Gasteiger partial charge is 0.220 e. The lowest BCUT2D eigenvalue weighted by atomic mass is 10.3. The Morgan fingerprint density at radius 2 is 2.06 bits per heavy atom. The minimum Gasteiger partial charge on any atom is -0.493 e. The molecule has 0 heterocycles. The van der Waals surface area contributed by atoms with Gasteiger partial charge < -0.3 is 14.8 Å². The average Bonchev–Trinajstić information content (AvgIpc) is 2.37. The first-order valence-electron chi connectivity index (χ1n) is 5.79. The fourth-order valence-corrected chi connectivity index (χ4v) is 1.77. The van der Waals surface area contributed by atoms with E-state index in [2.05, 4.69) is 21.2 Å². The molecule has 1 rings (SSSR count). The molecule has 1 aromatic rings. The monoisotopic (exact) mass is 315 g/mol. The molecule has 1 unspecified atom stereocenters. The van der Waals surface area contributed by atoms with Crippen molar-refractivity contribution in [3.8, 4) is 11.5 Å². The van der Waals surface area contributed by atoms with E-state index in [1.54, 1.807) is 7.11 Å². The summed E-state index contributed by atoms with van der Waals surface area (Å²) in [6.45, 7) is 2.38. The summed E-state index contributed by atoms with van der Waals surface area (Å²) in [4.78, 5) is 11.3. The highest BCUT2D eigenvalue weighted by Gasteiger charge is 2.09. The number of carbonyl (C=O) groups excluding carboxylic acids is 1. The van der Waals surface area contributed by atoms with Crippen molar-refractivity contribution in [3.63, 3.8) is 0 Å². The van der Waals surface area contributed by atoms with E-state index in [1.807, 2.05) is 31.2 Å². The van der Waals surface area contributed by atoms with Crippen LogP contribution < -0.4 is 14.8 Å². The highest BCUT2D eigenvalue weighted by Crippen LogP contribution is 2.26. The maximum Gasteiger partial charge on any atom is 0.220 e. The molecule has 0 saturated heterocycles. The third-order valence-electron chi connectivity index (χ3n) is 2.31. The molecule has 1 amide bonds. The number of hydrogen-bond donors (Lipinski definition) is 1. The minimum atomic E-state index is -0.111. The van der Waals surface area contributed by atoms with Crippen LogP contribution in [0.2, 0.25) is 0 Å². The van der Waals surface area contributed by atoms with Gasteiger partial charge in [-0.2, -0.15) is 0 Å². The minimum absolute atomic E-state index is 0.0161. The summed E-state index contributed by atoms with van der Waals surface area (Å²) in [6, 6.07) is 7.45. The molecule has 1 atom stereocenters. The predicted octanol–water partition coefficient (Wildman–Crippen LogP) is 2.36. The molecule has 4 nitrogen and oxygen atoms in total. The lowest BCUT2D eigenvalue weighted by molar-refractivity contribution is -0.121. The van der Waals surface area contributed by atoms with Gasteiger partial charge in [0.25, 0.3) is 0 Å². The molecule has 0 aliphatic carbocycles. The van der Waals surface area contributed by atoms with Crippen LogP contribution in [-0.4, -0.2) is 31.0 Å². The topological polar surface area (TPSA) is 47.6 Å². The van der Waals surface area contributed by atoms with Crippen molar-refractivity contribution in [2.24, 2.45) is 0 Å². The summed E-state index contributed by atoms with van der Waals surface area (Å²) in [6.07, 6.45) is 0.363. The molecular formula is C13H18BrNO3. The molecule has 5 heteroatoms. The van der Waals surface area contributed by atoms with Crippen molar-refractivity contribution < 1.29 is 14.3 Å². The van der Waals surface area contributed by atoms with E-state index in [0.29, 0.717) is 29.8 Å². The average molecular weight is 316 g/mol. The zero-order chi connectivity index (χ0) is 13.4. The SMILES string of the molecule is COc1ccccc1OC(C)CNC(=O)CCBr. The highest BCUT2D eigenvalue weighted by atomic mass is 79.9. The number of methoxy groups -OCH3 is 1. The van der Waals surface area contributed by atoms with Crippen molar-refractivity contribution in [1.29, 1.82) is 0 Å². The van der Waals surface area contributed by atoms with Crippen LogP contribution >= 0.6 is 15.9 Å². The Balaban J connectivity index is 2.44. The van der Waals surface area contributed by atoms with Gasteiger partial charge >= 0.3 is 0 Å². The standard InChI is InChI=1S/C13H18BrNO3/c1-10(9-15-13(16)7-8-14)18-12-6-4-3-5-11(12)17-2/h3-6,10H,7-9H2,1-2H3,(H,15,16). The molecule has 0 aromatic heterocycles. The van der Waals surface area contributed by atoms with Gasteiger partial charge in [-0.3, -0.25) is 4.79 Å². The summed E-state index contributed by atoms with van der Waals surface area (Å²) in [7, 11) is 1.60. The van der Waals surface area contributed by atoms with Crippen molar-refractivity contribution in [2.75, 3.05) is 19.0 Å². The van der Waals surface area contributed by atoms with Crippen molar-refractivity contribution >= 4 is 21.8 Å². The predicted molar refractivity (Wildman–Crippen MR) is 74.5 cm³/mol. The number of halogens is 1. The molecule has 1 aromatic carbocycles. The van der Waals surface area contributed by atoms with Crippen LogP contribution in [0.25, 0.3) is 0 Å². The Labute approximate surface area is 116 Å². The zero-order valence-corrected chi connectivity index (χ0v) is 12.2. The second-order valence-electron chi connectivity index (χ2n) is 3.82. The number of rotatable bonds is 7. The number of amides is 1. The lowest BCUT2D eigenvalue weighted by Gasteiger charge is -2.17. The Hall–Kier alpha value is -1.23. The molecule has 0 bridgehead atoms. The highest BCUT2D eigenvalue weighted by molar-refractivity contribution is 9.09. The molecule has 18 heavy (non-hydrogen) atoms. The molecule has 100 valence electrons. The summed E-state index contributed by atoms with van der Waals surface area (Å²) >= 11 is 3.22. The lowest BCUT2D eigenvalue weighted by Crippen LogP contribution is -2.33. The first-order chi connectivity index (χ1) is 8.67. The fraction of sp³-hybridized carbons (Fsp3) is 0.462. The van der Waals surface area contributed by atoms with Gasteiger partial charge in [0, 0.05) is 11.8 Å². The number of alkyl halides is 1. The Morgan fingerprint density at radius 3 is 2.67 bits per heavy atom. The zero-order valence-electron chi connectivity index (χ0n) is 10.6. The van der Waals surface area contributed by atoms with Gasteiger partial charge in [-0.15, -0.1) is 0 Å². The van der Waals surface area contributed by atoms with Crippen molar-refractivity contribution in [3.05, 3.63) is 24.3 Å². The number of carbonyl (C=O) groups is 1. The molecule has 0 aliphatic rings. The molecule has 1 N–H and O–H groups in total. The van der Waals surface area contributed by atoms with E-state index >= 15 is 0 Å². The molecule has 0 saturated carbocycles. The summed E-state index contributed by atoms with van der Waals surface area (Å²) < 4.78 is 10.9. The van der Waals surface area contributed by atoms with Gasteiger partial charge in [-0.05, 0) is 19.1 Å². The first-order valence-corrected chi connectivity index (χ1v) is 6.92. The van der Waals surface area contributed by atoms with E-state index in [0.717, 1.165) is 0 Å². The van der Waals surface area contributed by atoms with E-state index in [-0.39, 0.29) is 12.0 Å². The maximum absolute atomic E-state index is 11.3. The van der Waals surface area contributed by atoms with Crippen molar-refractivity contribution in [1.82, 2.24) is 5.32 Å². The van der Waals surface area contributed by atoms with Gasteiger partial charge in [0.15, 0.2) is 11.5 Å². The van der Waals surface area contributed by atoms with E-state index < -0.39 is 0 Å². The largest absolute Gasteiger partial charge is 0.493 e. The van der Waals surface area contributed by atoms with E-state index in [1.165, 1.54) is 0 Å². The number of benzene rings is 1. The maximum atomic E-state index is 11.3. The second-order valence-corrected chi connectivity index (χ2v) is 4.62. The Kier molecular flexibility index (Phi) is 6.57.